The molecule has 0 bridgehead atoms. The zero-order valence-corrected chi connectivity index (χ0v) is 23.2. The van der Waals surface area contributed by atoms with Crippen LogP contribution in [0.4, 0.5) is 0 Å². The van der Waals surface area contributed by atoms with E-state index in [0.717, 1.165) is 12.0 Å². The summed E-state index contributed by atoms with van der Waals surface area (Å²) in [5.74, 6) is 6.17. The number of likely N-dealkylation sites (N-methyl/N-ethyl adjacent to an activating group) is 1. The van der Waals surface area contributed by atoms with E-state index in [9.17, 15) is 18.3 Å². The minimum Gasteiger partial charge on any atom is -0.472 e. The van der Waals surface area contributed by atoms with E-state index in [1.165, 1.54) is 11.4 Å². The molecule has 8 nitrogen and oxygen atoms in total. The summed E-state index contributed by atoms with van der Waals surface area (Å²) in [6.45, 7) is 9.87. The van der Waals surface area contributed by atoms with Crippen LogP contribution in [-0.2, 0) is 10.0 Å². The molecule has 0 saturated heterocycles. The van der Waals surface area contributed by atoms with E-state index in [2.05, 4.69) is 30.7 Å². The number of pyridine rings is 1. The summed E-state index contributed by atoms with van der Waals surface area (Å²) in [4.78, 5) is 19.7. The molecule has 1 aromatic carbocycles. The van der Waals surface area contributed by atoms with Crippen molar-refractivity contribution in [1.82, 2.24) is 14.2 Å². The Bertz CT molecular complexity index is 1260. The van der Waals surface area contributed by atoms with Gasteiger partial charge in [0.2, 0.25) is 15.9 Å². The molecule has 0 aliphatic carbocycles. The predicted molar refractivity (Wildman–Crippen MR) is 143 cm³/mol. The monoisotopic (exact) mass is 527 g/mol. The molecule has 1 aromatic heterocycles. The van der Waals surface area contributed by atoms with E-state index in [0.29, 0.717) is 11.5 Å². The van der Waals surface area contributed by atoms with Gasteiger partial charge < -0.3 is 14.7 Å². The average molecular weight is 528 g/mol. The van der Waals surface area contributed by atoms with E-state index in [4.69, 9.17) is 4.74 Å². The van der Waals surface area contributed by atoms with Gasteiger partial charge in [-0.25, -0.2) is 13.4 Å². The van der Waals surface area contributed by atoms with Crippen LogP contribution in [0.5, 0.6) is 5.88 Å². The highest BCUT2D eigenvalue weighted by Crippen LogP contribution is 2.28. The molecule has 37 heavy (non-hydrogen) atoms. The van der Waals surface area contributed by atoms with Crippen molar-refractivity contribution >= 4 is 15.9 Å². The second kappa shape index (κ2) is 12.1. The fraction of sp³-hybridized carbons (Fsp3) is 0.500. The summed E-state index contributed by atoms with van der Waals surface area (Å²) in [5.41, 5.74) is 1.81. The van der Waals surface area contributed by atoms with Gasteiger partial charge in [0.05, 0.1) is 24.1 Å². The highest BCUT2D eigenvalue weighted by molar-refractivity contribution is 7.89. The van der Waals surface area contributed by atoms with Crippen molar-refractivity contribution in [3.63, 3.8) is 0 Å². The molecule has 0 spiro atoms. The van der Waals surface area contributed by atoms with Crippen LogP contribution < -0.4 is 4.74 Å². The van der Waals surface area contributed by atoms with Gasteiger partial charge >= 0.3 is 0 Å². The van der Waals surface area contributed by atoms with Crippen LogP contribution in [0, 0.1) is 30.6 Å². The van der Waals surface area contributed by atoms with Crippen molar-refractivity contribution in [3.8, 4) is 17.7 Å². The van der Waals surface area contributed by atoms with Crippen molar-refractivity contribution < 1.29 is 23.1 Å². The number of hydrogen-bond acceptors (Lipinski definition) is 6. The molecule has 1 aliphatic heterocycles. The lowest BCUT2D eigenvalue weighted by Crippen LogP contribution is -2.50. The Labute approximate surface area is 220 Å². The molecule has 3 rings (SSSR count). The number of fused-ring (bicyclic) bond motifs is 1. The predicted octanol–water partition coefficient (Wildman–Crippen LogP) is 3.33. The van der Waals surface area contributed by atoms with Crippen LogP contribution in [0.3, 0.4) is 0 Å². The molecule has 9 heteroatoms. The maximum atomic E-state index is 13.5. The molecular formula is C28H37N3O5S. The largest absolute Gasteiger partial charge is 0.472 e. The van der Waals surface area contributed by atoms with Crippen molar-refractivity contribution in [1.29, 1.82) is 0 Å². The number of aliphatic hydroxyl groups is 1. The quantitative estimate of drug-likeness (QED) is 0.555. The molecule has 1 aliphatic rings. The van der Waals surface area contributed by atoms with E-state index in [1.54, 1.807) is 48.4 Å². The fourth-order valence-corrected chi connectivity index (χ4v) is 5.17. The Morgan fingerprint density at radius 3 is 2.54 bits per heavy atom. The summed E-state index contributed by atoms with van der Waals surface area (Å²) in [6, 6.07) is 7.92. The SMILES string of the molecule is Cc1ccc(S(=O)(=O)N(C)C[C@H]2Oc3ncc(C#CCC(C)C)cc3C(=O)N([C@H](C)CO)C[C@@H]2C)cc1. The number of ether oxygens (including phenoxy) is 1. The molecule has 1 N–H and O–H groups in total. The number of amides is 1. The van der Waals surface area contributed by atoms with Gasteiger partial charge in [-0.3, -0.25) is 4.79 Å². The van der Waals surface area contributed by atoms with Crippen LogP contribution in [0.2, 0.25) is 0 Å². The average Bonchev–Trinajstić information content (AvgIpc) is 2.85. The molecule has 200 valence electrons. The molecule has 2 heterocycles. The highest BCUT2D eigenvalue weighted by Gasteiger charge is 2.35. The van der Waals surface area contributed by atoms with Crippen LogP contribution in [-0.4, -0.2) is 72.5 Å². The number of carbonyl (C=O) groups excluding carboxylic acids is 1. The van der Waals surface area contributed by atoms with Crippen molar-refractivity contribution in [2.75, 3.05) is 26.7 Å². The molecule has 2 aromatic rings. The van der Waals surface area contributed by atoms with Gasteiger partial charge in [-0.1, -0.05) is 50.3 Å². The number of rotatable bonds is 7. The highest BCUT2D eigenvalue weighted by atomic mass is 32.2. The lowest BCUT2D eigenvalue weighted by Gasteiger charge is -2.37. The van der Waals surface area contributed by atoms with Crippen molar-refractivity contribution in [2.45, 2.75) is 58.1 Å². The lowest BCUT2D eigenvalue weighted by atomic mass is 10.00. The first-order chi connectivity index (χ1) is 17.4. The molecule has 0 saturated carbocycles. The van der Waals surface area contributed by atoms with Gasteiger partial charge in [-0.15, -0.1) is 0 Å². The summed E-state index contributed by atoms with van der Waals surface area (Å²) in [5, 5.41) is 9.84. The van der Waals surface area contributed by atoms with Gasteiger partial charge in [-0.2, -0.15) is 4.31 Å². The third-order valence-corrected chi connectivity index (χ3v) is 8.27. The van der Waals surface area contributed by atoms with Crippen LogP contribution in [0.15, 0.2) is 41.4 Å². The Balaban J connectivity index is 1.96. The molecule has 0 unspecified atom stereocenters. The maximum Gasteiger partial charge on any atom is 0.259 e. The summed E-state index contributed by atoms with van der Waals surface area (Å²) in [6.07, 6.45) is 1.70. The zero-order valence-electron chi connectivity index (χ0n) is 22.4. The molecule has 3 atom stereocenters. The van der Waals surface area contributed by atoms with Gasteiger partial charge in [0.1, 0.15) is 11.7 Å². The molecule has 1 amide bonds. The van der Waals surface area contributed by atoms with E-state index >= 15 is 0 Å². The van der Waals surface area contributed by atoms with E-state index in [1.807, 2.05) is 13.8 Å². The first-order valence-corrected chi connectivity index (χ1v) is 14.0. The minimum absolute atomic E-state index is 0.0595. The zero-order chi connectivity index (χ0) is 27.3. The van der Waals surface area contributed by atoms with Gasteiger partial charge in [0.25, 0.3) is 5.91 Å². The second-order valence-corrected chi connectivity index (χ2v) is 12.2. The number of benzene rings is 1. The van der Waals surface area contributed by atoms with Gasteiger partial charge in [0.15, 0.2) is 0 Å². The number of hydrogen-bond donors (Lipinski definition) is 1. The number of aryl methyl sites for hydroxylation is 1. The van der Waals surface area contributed by atoms with Gasteiger partial charge in [0, 0.05) is 37.7 Å². The summed E-state index contributed by atoms with van der Waals surface area (Å²) < 4.78 is 34.0. The number of carbonyl (C=O) groups is 1. The number of aliphatic hydroxyl groups excluding tert-OH is 1. The van der Waals surface area contributed by atoms with Crippen molar-refractivity contribution in [3.05, 3.63) is 53.2 Å². The van der Waals surface area contributed by atoms with Crippen molar-refractivity contribution in [2.24, 2.45) is 11.8 Å². The first-order valence-electron chi connectivity index (χ1n) is 12.5. The number of sulfonamides is 1. The maximum absolute atomic E-state index is 13.5. The van der Waals surface area contributed by atoms with Crippen LogP contribution in [0.25, 0.3) is 0 Å². The minimum atomic E-state index is -3.75. The number of nitrogens with zero attached hydrogens (tertiary/aromatic N) is 3. The fourth-order valence-electron chi connectivity index (χ4n) is 3.99. The Kier molecular flexibility index (Phi) is 9.35. The molecular weight excluding hydrogens is 490 g/mol. The van der Waals surface area contributed by atoms with Crippen LogP contribution in [0.1, 0.15) is 55.6 Å². The van der Waals surface area contributed by atoms with E-state index < -0.39 is 22.2 Å². The second-order valence-electron chi connectivity index (χ2n) is 10.2. The first kappa shape index (κ1) is 28.6. The lowest BCUT2D eigenvalue weighted by molar-refractivity contribution is 0.0373. The standard InChI is InChI=1S/C28H37N3O5S/c1-19(2)8-7-9-23-14-25-27(29-15-23)36-26(21(4)16-31(28(25)33)22(5)18-32)17-30(6)37(34,35)24-12-10-20(3)11-13-24/h10-15,19,21-22,26,32H,8,16-18H2,1-6H3/t21-,22+,26+/m0/s1. The Morgan fingerprint density at radius 1 is 1.24 bits per heavy atom. The normalized spacial score (nSPS) is 18.9. The summed E-state index contributed by atoms with van der Waals surface area (Å²) in [7, 11) is -2.23. The smallest absolute Gasteiger partial charge is 0.259 e. The van der Waals surface area contributed by atoms with Crippen LogP contribution >= 0.6 is 0 Å². The van der Waals surface area contributed by atoms with Gasteiger partial charge in [-0.05, 0) is 38.0 Å². The Morgan fingerprint density at radius 2 is 1.92 bits per heavy atom. The van der Waals surface area contributed by atoms with E-state index in [-0.39, 0.29) is 47.9 Å². The topological polar surface area (TPSA) is 100 Å². The third kappa shape index (κ3) is 6.89. The third-order valence-electron chi connectivity index (χ3n) is 6.43. The number of aromatic nitrogens is 1. The molecule has 0 radical (unpaired) electrons. The summed E-state index contributed by atoms with van der Waals surface area (Å²) >= 11 is 0. The molecule has 0 fully saturated rings. The Hall–Kier alpha value is -2.93.